The van der Waals surface area contributed by atoms with E-state index >= 15 is 0 Å². The molecule has 1 aliphatic heterocycles. The lowest BCUT2D eigenvalue weighted by atomic mass is 9.76. The van der Waals surface area contributed by atoms with E-state index in [0.717, 1.165) is 24.0 Å². The Labute approximate surface area is 199 Å². The van der Waals surface area contributed by atoms with E-state index < -0.39 is 5.41 Å². The third-order valence-electron chi connectivity index (χ3n) is 6.08. The molecule has 0 spiro atoms. The molecule has 3 aromatic rings. The van der Waals surface area contributed by atoms with Crippen LogP contribution >= 0.6 is 12.4 Å². The number of likely N-dealkylation sites (tertiary alicyclic amines) is 1. The highest BCUT2D eigenvalue weighted by molar-refractivity contribution is 5.88. The van der Waals surface area contributed by atoms with Crippen LogP contribution in [-0.2, 0) is 16.8 Å². The summed E-state index contributed by atoms with van der Waals surface area (Å²) in [6.45, 7) is 1.03. The van der Waals surface area contributed by atoms with Gasteiger partial charge in [0.15, 0.2) is 0 Å². The Bertz CT molecular complexity index is 1140. The minimum atomic E-state index is -0.980. The van der Waals surface area contributed by atoms with E-state index in [9.17, 15) is 15.2 Å². The second kappa shape index (κ2) is 10.5. The summed E-state index contributed by atoms with van der Waals surface area (Å²) in [6, 6.07) is 14.9. The fourth-order valence-corrected chi connectivity index (χ4v) is 4.27. The van der Waals surface area contributed by atoms with Crippen molar-refractivity contribution in [2.75, 3.05) is 20.2 Å². The largest absolute Gasteiger partial charge is 0.456 e. The summed E-state index contributed by atoms with van der Waals surface area (Å²) in [5, 5.41) is 19.8. The van der Waals surface area contributed by atoms with Gasteiger partial charge in [-0.15, -0.1) is 12.4 Å². The van der Waals surface area contributed by atoms with Crippen molar-refractivity contribution in [1.29, 1.82) is 5.26 Å². The molecule has 0 saturated carbocycles. The summed E-state index contributed by atoms with van der Waals surface area (Å²) in [7, 11) is 1.78. The van der Waals surface area contributed by atoms with Crippen LogP contribution in [0.15, 0.2) is 61.2 Å². The number of benzene rings is 2. The van der Waals surface area contributed by atoms with Crippen LogP contribution in [0.1, 0.15) is 36.0 Å². The predicted octanol–water partition coefficient (Wildman–Crippen LogP) is 3.89. The van der Waals surface area contributed by atoms with Gasteiger partial charge in [-0.05, 0) is 48.2 Å². The first-order valence-electron chi connectivity index (χ1n) is 10.7. The molecule has 172 valence electrons. The molecule has 2 aromatic carbocycles. The number of imidazole rings is 1. The SMILES string of the molecule is CN1CCCCC(CO)(c2cccc(Oc3cc(Cn4ccnc4)ccc3C#N)c2)C1=O.Cl. The van der Waals surface area contributed by atoms with Crippen molar-refractivity contribution in [2.24, 2.45) is 0 Å². The highest BCUT2D eigenvalue weighted by Crippen LogP contribution is 2.37. The number of hydrogen-bond acceptors (Lipinski definition) is 5. The first-order valence-corrected chi connectivity index (χ1v) is 10.7. The molecule has 8 heteroatoms. The molecule has 1 aliphatic rings. The minimum Gasteiger partial charge on any atom is -0.456 e. The third kappa shape index (κ3) is 5.03. The summed E-state index contributed by atoms with van der Waals surface area (Å²) in [5.74, 6) is 0.894. The fourth-order valence-electron chi connectivity index (χ4n) is 4.27. The lowest BCUT2D eigenvalue weighted by molar-refractivity contribution is -0.137. The quantitative estimate of drug-likeness (QED) is 0.595. The van der Waals surface area contributed by atoms with Gasteiger partial charge in [0.25, 0.3) is 0 Å². The number of ether oxygens (including phenoxy) is 1. The first-order chi connectivity index (χ1) is 15.6. The topological polar surface area (TPSA) is 91.4 Å². The van der Waals surface area contributed by atoms with Crippen molar-refractivity contribution in [2.45, 2.75) is 31.2 Å². The Kier molecular flexibility index (Phi) is 7.75. The molecule has 1 aromatic heterocycles. The van der Waals surface area contributed by atoms with Gasteiger partial charge >= 0.3 is 0 Å². The second-order valence-corrected chi connectivity index (χ2v) is 8.23. The number of likely N-dealkylation sites (N-methyl/N-ethyl adjacent to an activating group) is 1. The van der Waals surface area contributed by atoms with Gasteiger partial charge in [-0.3, -0.25) is 4.79 Å². The number of carbonyl (C=O) groups is 1. The van der Waals surface area contributed by atoms with E-state index in [2.05, 4.69) is 11.1 Å². The molecular formula is C25H27ClN4O3. The summed E-state index contributed by atoms with van der Waals surface area (Å²) < 4.78 is 8.06. The highest BCUT2D eigenvalue weighted by Gasteiger charge is 2.42. The number of nitrogens with zero attached hydrogens (tertiary/aromatic N) is 4. The number of aromatic nitrogens is 2. The average molecular weight is 467 g/mol. The minimum absolute atomic E-state index is 0. The van der Waals surface area contributed by atoms with Crippen LogP contribution in [0.2, 0.25) is 0 Å². The molecule has 33 heavy (non-hydrogen) atoms. The first kappa shape index (κ1) is 24.3. The molecule has 7 nitrogen and oxygen atoms in total. The second-order valence-electron chi connectivity index (χ2n) is 8.23. The molecule has 0 bridgehead atoms. The van der Waals surface area contributed by atoms with Crippen LogP contribution < -0.4 is 4.74 Å². The fraction of sp³-hybridized carbons (Fsp3) is 0.320. The van der Waals surface area contributed by atoms with Gasteiger partial charge in [-0.25, -0.2) is 4.98 Å². The number of aliphatic hydroxyl groups is 1. The summed E-state index contributed by atoms with van der Waals surface area (Å²) in [5.41, 5.74) is 1.14. The summed E-state index contributed by atoms with van der Waals surface area (Å²) in [6.07, 6.45) is 7.68. The maximum Gasteiger partial charge on any atom is 0.235 e. The van der Waals surface area contributed by atoms with Crippen molar-refractivity contribution in [3.63, 3.8) is 0 Å². The maximum absolute atomic E-state index is 13.1. The molecule has 1 unspecified atom stereocenters. The molecule has 4 rings (SSSR count). The molecule has 1 saturated heterocycles. The zero-order valence-corrected chi connectivity index (χ0v) is 19.3. The lowest BCUT2D eigenvalue weighted by Crippen LogP contribution is -2.46. The number of aliphatic hydroxyl groups excluding tert-OH is 1. The van der Waals surface area contributed by atoms with Crippen molar-refractivity contribution < 1.29 is 14.6 Å². The van der Waals surface area contributed by atoms with Gasteiger partial charge in [-0.1, -0.05) is 24.6 Å². The molecule has 0 aliphatic carbocycles. The van der Waals surface area contributed by atoms with Crippen molar-refractivity contribution in [3.8, 4) is 17.6 Å². The molecule has 1 N–H and O–H groups in total. The number of halogens is 1. The van der Waals surface area contributed by atoms with Gasteiger partial charge < -0.3 is 19.3 Å². The molecule has 0 radical (unpaired) electrons. The van der Waals surface area contributed by atoms with Crippen LogP contribution in [-0.4, -0.2) is 45.7 Å². The monoisotopic (exact) mass is 466 g/mol. The Morgan fingerprint density at radius 1 is 1.24 bits per heavy atom. The van der Waals surface area contributed by atoms with Gasteiger partial charge in [0.1, 0.15) is 17.6 Å². The number of rotatable bonds is 6. The molecule has 1 fully saturated rings. The standard InChI is InChI=1S/C25H26N4O3.ClH/c1-28-11-3-2-9-25(17-30,24(28)31)21-5-4-6-22(14-21)32-23-13-19(7-8-20(23)15-26)16-29-12-10-27-18-29;/h4-8,10,12-14,18,30H,2-3,9,11,16-17H2,1H3;1H. The van der Waals surface area contributed by atoms with Crippen LogP contribution in [0.3, 0.4) is 0 Å². The normalized spacial score (nSPS) is 18.2. The average Bonchev–Trinajstić information content (AvgIpc) is 3.27. The predicted molar refractivity (Wildman–Crippen MR) is 127 cm³/mol. The summed E-state index contributed by atoms with van der Waals surface area (Å²) >= 11 is 0. The lowest BCUT2D eigenvalue weighted by Gasteiger charge is -2.32. The highest BCUT2D eigenvalue weighted by atomic mass is 35.5. The number of hydrogen-bond donors (Lipinski definition) is 1. The Hall–Kier alpha value is -3.34. The summed E-state index contributed by atoms with van der Waals surface area (Å²) in [4.78, 5) is 18.9. The molecular weight excluding hydrogens is 440 g/mol. The third-order valence-corrected chi connectivity index (χ3v) is 6.08. The zero-order chi connectivity index (χ0) is 22.6. The van der Waals surface area contributed by atoms with Crippen LogP contribution in [0.5, 0.6) is 11.5 Å². The Balaban J connectivity index is 0.00000306. The smallest absolute Gasteiger partial charge is 0.235 e. The number of amides is 1. The van der Waals surface area contributed by atoms with Crippen LogP contribution in [0, 0.1) is 11.3 Å². The number of nitriles is 1. The molecule has 1 amide bonds. The van der Waals surface area contributed by atoms with E-state index in [1.165, 1.54) is 0 Å². The van der Waals surface area contributed by atoms with Crippen LogP contribution in [0.25, 0.3) is 0 Å². The van der Waals surface area contributed by atoms with Crippen molar-refractivity contribution in [1.82, 2.24) is 14.5 Å². The van der Waals surface area contributed by atoms with E-state index in [1.807, 2.05) is 35.0 Å². The van der Waals surface area contributed by atoms with E-state index in [1.54, 1.807) is 42.7 Å². The van der Waals surface area contributed by atoms with Crippen LogP contribution in [0.4, 0.5) is 0 Å². The van der Waals surface area contributed by atoms with Gasteiger partial charge in [0.05, 0.1) is 23.9 Å². The van der Waals surface area contributed by atoms with E-state index in [-0.39, 0.29) is 24.9 Å². The Morgan fingerprint density at radius 2 is 2.09 bits per heavy atom. The van der Waals surface area contributed by atoms with Crippen molar-refractivity contribution >= 4 is 18.3 Å². The van der Waals surface area contributed by atoms with Gasteiger partial charge in [-0.2, -0.15) is 5.26 Å². The number of carbonyl (C=O) groups excluding carboxylic acids is 1. The zero-order valence-electron chi connectivity index (χ0n) is 18.5. The molecule has 1 atom stereocenters. The van der Waals surface area contributed by atoms with Gasteiger partial charge in [0, 0.05) is 32.5 Å². The van der Waals surface area contributed by atoms with Gasteiger partial charge in [0.2, 0.25) is 5.91 Å². The van der Waals surface area contributed by atoms with E-state index in [0.29, 0.717) is 36.6 Å². The van der Waals surface area contributed by atoms with E-state index in [4.69, 9.17) is 4.74 Å². The maximum atomic E-state index is 13.1. The molecule has 2 heterocycles. The Morgan fingerprint density at radius 3 is 2.82 bits per heavy atom. The van der Waals surface area contributed by atoms with Crippen molar-refractivity contribution in [3.05, 3.63) is 77.9 Å².